The van der Waals surface area contributed by atoms with Crippen LogP contribution in [0.4, 0.5) is 16.2 Å². The number of aryl methyl sites for hydroxylation is 1. The van der Waals surface area contributed by atoms with E-state index < -0.39 is 16.1 Å². The Morgan fingerprint density at radius 3 is 1.60 bits per heavy atom. The molecule has 0 spiro atoms. The van der Waals surface area contributed by atoms with Gasteiger partial charge in [0.1, 0.15) is 5.82 Å². The van der Waals surface area contributed by atoms with E-state index in [1.54, 1.807) is 70.5 Å². The summed E-state index contributed by atoms with van der Waals surface area (Å²) in [4.78, 5) is 22.9. The summed E-state index contributed by atoms with van der Waals surface area (Å²) < 4.78 is 41.5. The van der Waals surface area contributed by atoms with E-state index in [0.29, 0.717) is 22.5 Å². The Morgan fingerprint density at radius 1 is 0.709 bits per heavy atom. The molecule has 4 aromatic carbocycles. The largest absolute Gasteiger partial charge is 0.502 e. The molecule has 0 atom stereocenters. The van der Waals surface area contributed by atoms with Gasteiger partial charge in [0.15, 0.2) is 11.5 Å². The number of aromatic hydroxyl groups is 1. The smallest absolute Gasteiger partial charge is 0.341 e. The van der Waals surface area contributed by atoms with Gasteiger partial charge in [-0.3, -0.25) is 0 Å². The molecule has 1 amide bonds. The normalized spacial score (nSPS) is 11.3. The van der Waals surface area contributed by atoms with Crippen LogP contribution in [0.5, 0.6) is 17.2 Å². The van der Waals surface area contributed by atoms with Gasteiger partial charge in [-0.25, -0.2) is 27.5 Å². The molecule has 0 unspecified atom stereocenters. The Bertz CT molecular complexity index is 2140. The van der Waals surface area contributed by atoms with E-state index in [-0.39, 0.29) is 97.5 Å². The first-order chi connectivity index (χ1) is 26.5. The number of phenols is 1. The summed E-state index contributed by atoms with van der Waals surface area (Å²) in [5.41, 5.74) is 3.92. The van der Waals surface area contributed by atoms with E-state index in [4.69, 9.17) is 14.5 Å². The first kappa shape index (κ1) is 40.5. The second-order valence-corrected chi connectivity index (χ2v) is 14.1. The maximum atomic E-state index is 14.5. The molecule has 0 aliphatic rings. The summed E-state index contributed by atoms with van der Waals surface area (Å²) in [7, 11) is -1.71. The lowest BCUT2D eigenvalue weighted by Gasteiger charge is -2.23. The molecule has 16 heteroatoms. The van der Waals surface area contributed by atoms with E-state index in [1.807, 2.05) is 6.92 Å². The van der Waals surface area contributed by atoms with Crippen molar-refractivity contribution in [3.05, 3.63) is 90.5 Å². The van der Waals surface area contributed by atoms with E-state index in [0.717, 1.165) is 10.1 Å². The number of hydrogen-bond donors (Lipinski definition) is 6. The fourth-order valence-corrected chi connectivity index (χ4v) is 7.06. The number of amides is 1. The standard InChI is InChI=1S/C39H45N5O10S/c1-26-4-14-32(15-5-26)55(51,52)41-39(50)44-36(28-8-12-31(13-9-28)43(18-22-47)19-23-48)35(27-6-10-30(11-7-27)42(16-20-45)17-21-46)40-38(44)29-24-33(53-2)37(49)34(25-29)54-3/h4-15,24-25,45-49H,16-23H2,1-3H3,(H,41,50). The molecule has 5 rings (SSSR count). The number of rotatable bonds is 17. The Kier molecular flexibility index (Phi) is 13.4. The molecule has 0 saturated carbocycles. The van der Waals surface area contributed by atoms with Crippen molar-refractivity contribution in [1.82, 2.24) is 14.3 Å². The number of sulfonamides is 1. The van der Waals surface area contributed by atoms with Crippen LogP contribution in [0.15, 0.2) is 89.8 Å². The Morgan fingerprint density at radius 2 is 1.16 bits per heavy atom. The van der Waals surface area contributed by atoms with Gasteiger partial charge in [0, 0.05) is 54.2 Å². The molecule has 0 fully saturated rings. The first-order valence-electron chi connectivity index (χ1n) is 17.4. The maximum absolute atomic E-state index is 14.5. The van der Waals surface area contributed by atoms with Gasteiger partial charge in [-0.2, -0.15) is 0 Å². The Labute approximate surface area is 319 Å². The molecular formula is C39H45N5O10S. The third-order valence-electron chi connectivity index (χ3n) is 8.86. The van der Waals surface area contributed by atoms with Crippen molar-refractivity contribution >= 4 is 27.4 Å². The summed E-state index contributed by atoms with van der Waals surface area (Å²) in [5, 5.41) is 49.2. The number of anilines is 2. The van der Waals surface area contributed by atoms with Gasteiger partial charge in [0.25, 0.3) is 10.0 Å². The molecule has 0 aliphatic carbocycles. The molecule has 5 aromatic rings. The maximum Gasteiger partial charge on any atom is 0.341 e. The highest BCUT2D eigenvalue weighted by Gasteiger charge is 2.30. The van der Waals surface area contributed by atoms with Crippen LogP contribution in [0.3, 0.4) is 0 Å². The highest BCUT2D eigenvalue weighted by molar-refractivity contribution is 7.90. The third-order valence-corrected chi connectivity index (χ3v) is 10.2. The summed E-state index contributed by atoms with van der Waals surface area (Å²) in [5.74, 6) is -0.297. The number of imidazole rings is 1. The number of phenolic OH excluding ortho intramolecular Hbond substituents is 1. The summed E-state index contributed by atoms with van der Waals surface area (Å²) >= 11 is 0. The minimum atomic E-state index is -4.40. The number of aliphatic hydroxyl groups excluding tert-OH is 4. The first-order valence-corrected chi connectivity index (χ1v) is 18.8. The topological polar surface area (TPSA) is 207 Å². The van der Waals surface area contributed by atoms with Crippen molar-refractivity contribution in [2.24, 2.45) is 0 Å². The van der Waals surface area contributed by atoms with Gasteiger partial charge in [-0.15, -0.1) is 0 Å². The number of nitrogens with one attached hydrogen (secondary N) is 1. The predicted octanol–water partition coefficient (Wildman–Crippen LogP) is 3.44. The Hall–Kier alpha value is -5.65. The summed E-state index contributed by atoms with van der Waals surface area (Å²) in [6.07, 6.45) is 0. The number of carbonyl (C=O) groups excluding carboxylic acids is 1. The van der Waals surface area contributed by atoms with E-state index in [1.165, 1.54) is 38.5 Å². The van der Waals surface area contributed by atoms with Crippen LogP contribution in [0.2, 0.25) is 0 Å². The zero-order chi connectivity index (χ0) is 39.7. The molecular weight excluding hydrogens is 731 g/mol. The quantitative estimate of drug-likeness (QED) is 0.0802. The van der Waals surface area contributed by atoms with Gasteiger partial charge in [0.05, 0.1) is 56.9 Å². The van der Waals surface area contributed by atoms with Gasteiger partial charge >= 0.3 is 6.03 Å². The lowest BCUT2D eigenvalue weighted by Crippen LogP contribution is -2.35. The SMILES string of the molecule is COc1cc(-c2nc(-c3ccc(N(CCO)CCO)cc3)c(-c3ccc(N(CCO)CCO)cc3)n2C(=O)NS(=O)(=O)c2ccc(C)cc2)cc(OC)c1O. The summed E-state index contributed by atoms with van der Waals surface area (Å²) in [6, 6.07) is 21.9. The van der Waals surface area contributed by atoms with Crippen molar-refractivity contribution in [1.29, 1.82) is 0 Å². The highest BCUT2D eigenvalue weighted by atomic mass is 32.2. The molecule has 0 bridgehead atoms. The number of nitrogens with zero attached hydrogens (tertiary/aromatic N) is 4. The van der Waals surface area contributed by atoms with Crippen LogP contribution in [0.1, 0.15) is 5.56 Å². The molecule has 55 heavy (non-hydrogen) atoms. The third kappa shape index (κ3) is 9.01. The number of aliphatic hydroxyl groups is 4. The second kappa shape index (κ2) is 18.1. The molecule has 1 heterocycles. The van der Waals surface area contributed by atoms with Crippen LogP contribution in [-0.2, 0) is 10.0 Å². The van der Waals surface area contributed by atoms with Gasteiger partial charge in [-0.05, 0) is 55.5 Å². The van der Waals surface area contributed by atoms with Crippen LogP contribution >= 0.6 is 0 Å². The zero-order valence-electron chi connectivity index (χ0n) is 30.7. The number of hydrogen-bond acceptors (Lipinski definition) is 13. The zero-order valence-corrected chi connectivity index (χ0v) is 31.5. The molecule has 0 saturated heterocycles. The van der Waals surface area contributed by atoms with E-state index in [9.17, 15) is 38.7 Å². The van der Waals surface area contributed by atoms with Crippen molar-refractivity contribution in [2.75, 3.05) is 76.6 Å². The van der Waals surface area contributed by atoms with Crippen molar-refractivity contribution < 1.29 is 48.2 Å². The van der Waals surface area contributed by atoms with Crippen molar-refractivity contribution in [3.63, 3.8) is 0 Å². The van der Waals surface area contributed by atoms with Crippen molar-refractivity contribution in [2.45, 2.75) is 11.8 Å². The van der Waals surface area contributed by atoms with Gasteiger partial charge < -0.3 is 44.8 Å². The lowest BCUT2D eigenvalue weighted by molar-refractivity contribution is 0.248. The van der Waals surface area contributed by atoms with Crippen LogP contribution in [0, 0.1) is 6.92 Å². The van der Waals surface area contributed by atoms with E-state index >= 15 is 0 Å². The predicted molar refractivity (Wildman–Crippen MR) is 208 cm³/mol. The van der Waals surface area contributed by atoms with E-state index in [2.05, 4.69) is 4.72 Å². The average molecular weight is 776 g/mol. The monoisotopic (exact) mass is 775 g/mol. The average Bonchev–Trinajstić information content (AvgIpc) is 3.59. The molecule has 0 aliphatic heterocycles. The minimum absolute atomic E-state index is 0.00843. The van der Waals surface area contributed by atoms with Crippen molar-refractivity contribution in [3.8, 4) is 51.2 Å². The number of ether oxygens (including phenoxy) is 2. The minimum Gasteiger partial charge on any atom is -0.502 e. The van der Waals surface area contributed by atoms with Crippen LogP contribution in [-0.4, -0.2) is 116 Å². The number of aromatic nitrogens is 2. The molecule has 0 radical (unpaired) electrons. The second-order valence-electron chi connectivity index (χ2n) is 12.4. The number of benzene rings is 4. The highest BCUT2D eigenvalue weighted by Crippen LogP contribution is 2.43. The molecule has 6 N–H and O–H groups in total. The number of carbonyl (C=O) groups is 1. The fraction of sp³-hybridized carbons (Fsp3) is 0.282. The Balaban J connectivity index is 1.79. The molecule has 292 valence electrons. The molecule has 1 aromatic heterocycles. The van der Waals surface area contributed by atoms with Crippen LogP contribution in [0.25, 0.3) is 33.9 Å². The van der Waals surface area contributed by atoms with Gasteiger partial charge in [-0.1, -0.05) is 42.0 Å². The van der Waals surface area contributed by atoms with Gasteiger partial charge in [0.2, 0.25) is 5.75 Å². The summed E-state index contributed by atoms with van der Waals surface area (Å²) in [6.45, 7) is 2.30. The fourth-order valence-electron chi connectivity index (χ4n) is 6.12. The number of methoxy groups -OCH3 is 2. The lowest BCUT2D eigenvalue weighted by atomic mass is 10.0. The molecule has 15 nitrogen and oxygen atoms in total. The van der Waals surface area contributed by atoms with Crippen LogP contribution < -0.4 is 24.0 Å².